The molecule has 0 spiro atoms. The molecule has 0 aliphatic carbocycles. The number of carbonyl (C=O) groups excluding carboxylic acids is 1. The summed E-state index contributed by atoms with van der Waals surface area (Å²) in [4.78, 5) is 10.9. The lowest BCUT2D eigenvalue weighted by Gasteiger charge is -1.91. The van der Waals surface area contributed by atoms with Gasteiger partial charge in [0.2, 0.25) is 5.91 Å². The van der Waals surface area contributed by atoms with Crippen LogP contribution in [0, 0.1) is 0 Å². The van der Waals surface area contributed by atoms with E-state index in [0.29, 0.717) is 4.88 Å². The highest BCUT2D eigenvalue weighted by Crippen LogP contribution is 2.16. The zero-order valence-corrected chi connectivity index (χ0v) is 6.47. The molecule has 1 aromatic rings. The Bertz CT molecular complexity index is 277. The van der Waals surface area contributed by atoms with E-state index in [0.717, 1.165) is 6.08 Å². The van der Waals surface area contributed by atoms with E-state index in [1.165, 1.54) is 11.3 Å². The molecule has 4 heteroatoms. The molecule has 0 aliphatic heterocycles. The van der Waals surface area contributed by atoms with Crippen LogP contribution < -0.4 is 5.73 Å². The van der Waals surface area contributed by atoms with Crippen LogP contribution in [0.5, 0.6) is 0 Å². The largest absolute Gasteiger partial charge is 0.506 e. The zero-order valence-electron chi connectivity index (χ0n) is 5.65. The van der Waals surface area contributed by atoms with Gasteiger partial charge >= 0.3 is 0 Å². The molecule has 0 aromatic carbocycles. The van der Waals surface area contributed by atoms with Crippen LogP contribution in [0.1, 0.15) is 4.88 Å². The van der Waals surface area contributed by atoms with Crippen LogP contribution in [-0.2, 0) is 4.79 Å². The molecular weight excluding hydrogens is 162 g/mol. The van der Waals surface area contributed by atoms with Crippen molar-refractivity contribution in [2.24, 2.45) is 5.73 Å². The van der Waals surface area contributed by atoms with Crippen molar-refractivity contribution in [2.45, 2.75) is 0 Å². The van der Waals surface area contributed by atoms with Crippen LogP contribution in [0.3, 0.4) is 0 Å². The van der Waals surface area contributed by atoms with E-state index < -0.39 is 5.91 Å². The number of amides is 1. The van der Waals surface area contributed by atoms with Gasteiger partial charge in [0, 0.05) is 6.08 Å². The van der Waals surface area contributed by atoms with Crippen molar-refractivity contribution in [1.82, 2.24) is 0 Å². The molecule has 1 heterocycles. The Morgan fingerprint density at radius 2 is 2.45 bits per heavy atom. The summed E-state index contributed by atoms with van der Waals surface area (Å²) < 4.78 is 0. The first-order valence-corrected chi connectivity index (χ1v) is 3.82. The molecule has 3 N–H and O–H groups in total. The van der Waals surface area contributed by atoms with Gasteiger partial charge in [-0.2, -0.15) is 0 Å². The second-order valence-corrected chi connectivity index (χ2v) is 2.86. The maximum absolute atomic E-state index is 10.3. The van der Waals surface area contributed by atoms with Crippen molar-refractivity contribution < 1.29 is 9.90 Å². The third kappa shape index (κ3) is 2.09. The first kappa shape index (κ1) is 7.81. The SMILES string of the molecule is NC(=O)/C=C(\O)c1cccs1. The lowest BCUT2D eigenvalue weighted by atomic mass is 10.3. The van der Waals surface area contributed by atoms with E-state index in [-0.39, 0.29) is 5.76 Å². The van der Waals surface area contributed by atoms with Crippen molar-refractivity contribution in [2.75, 3.05) is 0 Å². The van der Waals surface area contributed by atoms with Crippen LogP contribution in [-0.4, -0.2) is 11.0 Å². The van der Waals surface area contributed by atoms with E-state index >= 15 is 0 Å². The second-order valence-electron chi connectivity index (χ2n) is 1.91. The topological polar surface area (TPSA) is 63.3 Å². The summed E-state index contributed by atoms with van der Waals surface area (Å²) in [6.45, 7) is 0. The molecule has 58 valence electrons. The number of aliphatic hydroxyl groups excluding tert-OH is 1. The van der Waals surface area contributed by atoms with Gasteiger partial charge in [0.05, 0.1) is 4.88 Å². The minimum absolute atomic E-state index is 0.0764. The summed E-state index contributed by atoms with van der Waals surface area (Å²) in [5.41, 5.74) is 4.83. The van der Waals surface area contributed by atoms with Crippen LogP contribution in [0.15, 0.2) is 23.6 Å². The Kier molecular flexibility index (Phi) is 2.28. The van der Waals surface area contributed by atoms with E-state index in [2.05, 4.69) is 0 Å². The lowest BCUT2D eigenvalue weighted by molar-refractivity contribution is -0.113. The summed E-state index contributed by atoms with van der Waals surface area (Å²) in [7, 11) is 0. The minimum atomic E-state index is -0.643. The number of primary amides is 1. The molecule has 3 nitrogen and oxygen atoms in total. The van der Waals surface area contributed by atoms with Crippen molar-refractivity contribution in [3.63, 3.8) is 0 Å². The molecule has 0 fully saturated rings. The molecule has 1 amide bonds. The molecule has 1 aromatic heterocycles. The van der Waals surface area contributed by atoms with E-state index in [9.17, 15) is 4.79 Å². The van der Waals surface area contributed by atoms with Gasteiger partial charge in [0.1, 0.15) is 5.76 Å². The van der Waals surface area contributed by atoms with Crippen LogP contribution in [0.4, 0.5) is 0 Å². The van der Waals surface area contributed by atoms with Crippen molar-refractivity contribution in [3.05, 3.63) is 28.5 Å². The number of rotatable bonds is 2. The first-order chi connectivity index (χ1) is 5.20. The Hall–Kier alpha value is -1.29. The second kappa shape index (κ2) is 3.21. The van der Waals surface area contributed by atoms with Crippen molar-refractivity contribution in [3.8, 4) is 0 Å². The molecule has 0 bridgehead atoms. The Morgan fingerprint density at radius 1 is 1.73 bits per heavy atom. The summed E-state index contributed by atoms with van der Waals surface area (Å²) in [5.74, 6) is -0.719. The van der Waals surface area contributed by atoms with Gasteiger partial charge in [-0.3, -0.25) is 4.79 Å². The Morgan fingerprint density at radius 3 is 2.91 bits per heavy atom. The highest BCUT2D eigenvalue weighted by Gasteiger charge is 1.99. The van der Waals surface area contributed by atoms with Gasteiger partial charge in [0.15, 0.2) is 0 Å². The fourth-order valence-corrected chi connectivity index (χ4v) is 1.27. The molecule has 0 aliphatic rings. The van der Waals surface area contributed by atoms with Crippen LogP contribution in [0.25, 0.3) is 5.76 Å². The van der Waals surface area contributed by atoms with Gasteiger partial charge in [-0.1, -0.05) is 6.07 Å². The predicted octanol–water partition coefficient (Wildman–Crippen LogP) is 1.13. The molecule has 0 unspecified atom stereocenters. The number of thiophene rings is 1. The van der Waals surface area contributed by atoms with E-state index in [1.54, 1.807) is 17.5 Å². The summed E-state index contributed by atoms with van der Waals surface area (Å²) in [5, 5.41) is 11.0. The smallest absolute Gasteiger partial charge is 0.245 e. The first-order valence-electron chi connectivity index (χ1n) is 2.94. The monoisotopic (exact) mass is 169 g/mol. The minimum Gasteiger partial charge on any atom is -0.506 e. The normalized spacial score (nSPS) is 11.5. The average molecular weight is 169 g/mol. The lowest BCUT2D eigenvalue weighted by Crippen LogP contribution is -2.06. The third-order valence-corrected chi connectivity index (χ3v) is 1.94. The summed E-state index contributed by atoms with van der Waals surface area (Å²) in [6, 6.07) is 3.49. The highest BCUT2D eigenvalue weighted by molar-refractivity contribution is 7.11. The van der Waals surface area contributed by atoms with Crippen LogP contribution >= 0.6 is 11.3 Å². The Labute approximate surface area is 67.8 Å². The molecule has 0 atom stereocenters. The number of nitrogens with two attached hydrogens (primary N) is 1. The fourth-order valence-electron chi connectivity index (χ4n) is 0.630. The van der Waals surface area contributed by atoms with Gasteiger partial charge < -0.3 is 10.8 Å². The van der Waals surface area contributed by atoms with Gasteiger partial charge in [-0.25, -0.2) is 0 Å². The molecule has 0 saturated heterocycles. The summed E-state index contributed by atoms with van der Waals surface area (Å²) in [6.07, 6.45) is 0.992. The predicted molar refractivity (Wildman–Crippen MR) is 44.1 cm³/mol. The fraction of sp³-hybridized carbons (Fsp3) is 0. The summed E-state index contributed by atoms with van der Waals surface area (Å²) >= 11 is 1.35. The maximum atomic E-state index is 10.3. The van der Waals surface area contributed by atoms with Gasteiger partial charge in [-0.05, 0) is 11.4 Å². The molecule has 11 heavy (non-hydrogen) atoms. The zero-order chi connectivity index (χ0) is 8.27. The Balaban J connectivity index is 2.86. The molecule has 0 radical (unpaired) electrons. The van der Waals surface area contributed by atoms with Gasteiger partial charge in [0.25, 0.3) is 0 Å². The standard InChI is InChI=1S/C7H7NO2S/c8-7(10)4-5(9)6-2-1-3-11-6/h1-4,9H,(H2,8,10)/b5-4-. The number of carbonyl (C=O) groups is 1. The third-order valence-electron chi connectivity index (χ3n) is 1.05. The molecular formula is C7H7NO2S. The van der Waals surface area contributed by atoms with E-state index in [1.807, 2.05) is 0 Å². The quantitative estimate of drug-likeness (QED) is 0.515. The molecule has 1 rings (SSSR count). The molecule has 0 saturated carbocycles. The van der Waals surface area contributed by atoms with Gasteiger partial charge in [-0.15, -0.1) is 11.3 Å². The number of aliphatic hydroxyl groups is 1. The van der Waals surface area contributed by atoms with E-state index in [4.69, 9.17) is 10.8 Å². The number of hydrogen-bond donors (Lipinski definition) is 2. The maximum Gasteiger partial charge on any atom is 0.245 e. The van der Waals surface area contributed by atoms with Crippen molar-refractivity contribution >= 4 is 23.0 Å². The average Bonchev–Trinajstić information content (AvgIpc) is 2.35. The van der Waals surface area contributed by atoms with Crippen molar-refractivity contribution in [1.29, 1.82) is 0 Å². The highest BCUT2D eigenvalue weighted by atomic mass is 32.1. The number of hydrogen-bond acceptors (Lipinski definition) is 3. The van der Waals surface area contributed by atoms with Crippen LogP contribution in [0.2, 0.25) is 0 Å².